The normalized spacial score (nSPS) is 33.0. The largest absolute Gasteiger partial charge is 0.0620 e. The van der Waals surface area contributed by atoms with Crippen molar-refractivity contribution in [3.63, 3.8) is 0 Å². The molecule has 0 aromatic heterocycles. The van der Waals surface area contributed by atoms with Crippen molar-refractivity contribution in [3.05, 3.63) is 35.4 Å². The van der Waals surface area contributed by atoms with Gasteiger partial charge < -0.3 is 0 Å². The highest BCUT2D eigenvalue weighted by Gasteiger charge is 2.32. The number of benzene rings is 1. The Morgan fingerprint density at radius 2 is 1.86 bits per heavy atom. The standard InChI is InChI=1S/C14H18/c1-2-6-11(7-3-1)14-10-12-8-4-5-9-13(12)14/h4-5,8-9,11,14H,1-3,6-7,10H2/i10D. The van der Waals surface area contributed by atoms with Crippen LogP contribution in [-0.4, -0.2) is 0 Å². The van der Waals surface area contributed by atoms with Crippen LogP contribution in [0.25, 0.3) is 0 Å². The molecule has 2 atom stereocenters. The van der Waals surface area contributed by atoms with Crippen molar-refractivity contribution in [2.75, 3.05) is 0 Å². The number of rotatable bonds is 1. The molecule has 0 radical (unpaired) electrons. The average Bonchev–Trinajstić information content (AvgIpc) is 2.30. The van der Waals surface area contributed by atoms with Crippen LogP contribution in [-0.2, 0) is 6.40 Å². The molecule has 74 valence electrons. The van der Waals surface area contributed by atoms with Crippen molar-refractivity contribution in [1.82, 2.24) is 0 Å². The molecular formula is C14H18. The molecule has 1 saturated carbocycles. The molecule has 0 spiro atoms. The minimum atomic E-state index is 0.0734. The van der Waals surface area contributed by atoms with Gasteiger partial charge in [0.25, 0.3) is 0 Å². The Morgan fingerprint density at radius 1 is 1.07 bits per heavy atom. The van der Waals surface area contributed by atoms with Gasteiger partial charge in [-0.1, -0.05) is 43.5 Å². The van der Waals surface area contributed by atoms with Gasteiger partial charge in [0.15, 0.2) is 0 Å². The molecular weight excluding hydrogens is 168 g/mol. The van der Waals surface area contributed by atoms with E-state index in [1.165, 1.54) is 43.2 Å². The summed E-state index contributed by atoms with van der Waals surface area (Å²) in [5.41, 5.74) is 2.76. The maximum Gasteiger partial charge on any atom is 0.0322 e. The molecule has 0 saturated heterocycles. The maximum absolute atomic E-state index is 8.19. The van der Waals surface area contributed by atoms with Gasteiger partial charge in [0.2, 0.25) is 0 Å². The van der Waals surface area contributed by atoms with Gasteiger partial charge in [0, 0.05) is 1.37 Å². The number of hydrogen-bond donors (Lipinski definition) is 0. The molecule has 0 heterocycles. The summed E-state index contributed by atoms with van der Waals surface area (Å²) in [5, 5.41) is 0. The van der Waals surface area contributed by atoms with Gasteiger partial charge in [0.1, 0.15) is 0 Å². The first-order valence-electron chi connectivity index (χ1n) is 6.47. The molecule has 2 unspecified atom stereocenters. The lowest BCUT2D eigenvalue weighted by Gasteiger charge is -2.38. The Balaban J connectivity index is 1.84. The van der Waals surface area contributed by atoms with E-state index < -0.39 is 0 Å². The second-order valence-corrected chi connectivity index (χ2v) is 4.72. The van der Waals surface area contributed by atoms with Crippen LogP contribution >= 0.6 is 0 Å². The fourth-order valence-electron chi connectivity index (χ4n) is 3.04. The average molecular weight is 187 g/mol. The SMILES string of the molecule is [2H]C1c2ccccc2C1C1CCCCC1. The van der Waals surface area contributed by atoms with Crippen molar-refractivity contribution >= 4 is 0 Å². The molecule has 1 fully saturated rings. The maximum atomic E-state index is 8.19. The van der Waals surface area contributed by atoms with Gasteiger partial charge in [-0.3, -0.25) is 0 Å². The first-order valence-corrected chi connectivity index (χ1v) is 5.89. The topological polar surface area (TPSA) is 0 Å². The highest BCUT2D eigenvalue weighted by molar-refractivity contribution is 5.40. The summed E-state index contributed by atoms with van der Waals surface area (Å²) in [6, 6.07) is 8.56. The van der Waals surface area contributed by atoms with E-state index >= 15 is 0 Å². The van der Waals surface area contributed by atoms with Crippen LogP contribution < -0.4 is 0 Å². The quantitative estimate of drug-likeness (QED) is 0.625. The van der Waals surface area contributed by atoms with Gasteiger partial charge in [-0.2, -0.15) is 0 Å². The summed E-state index contributed by atoms with van der Waals surface area (Å²) in [6.07, 6.45) is 6.96. The lowest BCUT2D eigenvalue weighted by molar-refractivity contribution is 0.285. The van der Waals surface area contributed by atoms with Crippen LogP contribution in [0.15, 0.2) is 24.3 Å². The molecule has 0 N–H and O–H groups in total. The first-order chi connectivity index (χ1) is 7.38. The summed E-state index contributed by atoms with van der Waals surface area (Å²) >= 11 is 0. The lowest BCUT2D eigenvalue weighted by Crippen LogP contribution is -2.26. The van der Waals surface area contributed by atoms with E-state index in [2.05, 4.69) is 24.3 Å². The first kappa shape index (κ1) is 7.50. The minimum absolute atomic E-state index is 0.0734. The van der Waals surface area contributed by atoms with Gasteiger partial charge in [-0.25, -0.2) is 0 Å². The molecule has 1 aromatic carbocycles. The monoisotopic (exact) mass is 187 g/mol. The summed E-state index contributed by atoms with van der Waals surface area (Å²) < 4.78 is 8.19. The Labute approximate surface area is 87.7 Å². The third-order valence-electron chi connectivity index (χ3n) is 3.87. The molecule has 3 rings (SSSR count). The minimum Gasteiger partial charge on any atom is -0.0620 e. The van der Waals surface area contributed by atoms with Crippen molar-refractivity contribution in [2.24, 2.45) is 5.92 Å². The van der Waals surface area contributed by atoms with Crippen LogP contribution in [0, 0.1) is 5.92 Å². The number of fused-ring (bicyclic) bond motifs is 1. The van der Waals surface area contributed by atoms with E-state index in [4.69, 9.17) is 1.37 Å². The molecule has 0 heteroatoms. The lowest BCUT2D eigenvalue weighted by atomic mass is 9.66. The van der Waals surface area contributed by atoms with E-state index in [9.17, 15) is 0 Å². The van der Waals surface area contributed by atoms with Crippen molar-refractivity contribution in [1.29, 1.82) is 0 Å². The molecule has 2 aliphatic rings. The van der Waals surface area contributed by atoms with Gasteiger partial charge >= 0.3 is 0 Å². The summed E-state index contributed by atoms with van der Waals surface area (Å²) in [6.45, 7) is 0. The van der Waals surface area contributed by atoms with Crippen LogP contribution in [0.5, 0.6) is 0 Å². The Hall–Kier alpha value is -0.780. The molecule has 1 aromatic rings. The zero-order valence-corrected chi connectivity index (χ0v) is 8.58. The summed E-state index contributed by atoms with van der Waals surface area (Å²) in [7, 11) is 0. The van der Waals surface area contributed by atoms with E-state index in [0.717, 1.165) is 5.92 Å². The van der Waals surface area contributed by atoms with Crippen LogP contribution in [0.1, 0.15) is 50.5 Å². The molecule has 2 aliphatic carbocycles. The Bertz CT molecular complexity index is 352. The highest BCUT2D eigenvalue weighted by Crippen LogP contribution is 2.45. The predicted molar refractivity (Wildman–Crippen MR) is 59.5 cm³/mol. The summed E-state index contributed by atoms with van der Waals surface area (Å²) in [4.78, 5) is 0. The fourth-order valence-corrected chi connectivity index (χ4v) is 3.04. The van der Waals surface area contributed by atoms with E-state index in [1.807, 2.05) is 0 Å². The zero-order chi connectivity index (χ0) is 10.3. The molecule has 0 aliphatic heterocycles. The molecule has 0 amide bonds. The zero-order valence-electron chi connectivity index (χ0n) is 9.58. The third-order valence-corrected chi connectivity index (χ3v) is 3.87. The highest BCUT2D eigenvalue weighted by atomic mass is 14.4. The Morgan fingerprint density at radius 3 is 2.71 bits per heavy atom. The van der Waals surface area contributed by atoms with Gasteiger partial charge in [-0.15, -0.1) is 0 Å². The van der Waals surface area contributed by atoms with Crippen molar-refractivity contribution in [3.8, 4) is 0 Å². The third kappa shape index (κ3) is 1.28. The predicted octanol–water partition coefficient (Wildman–Crippen LogP) is 3.91. The second-order valence-electron chi connectivity index (χ2n) is 4.72. The van der Waals surface area contributed by atoms with E-state index in [1.54, 1.807) is 0 Å². The molecule has 0 bridgehead atoms. The Kier molecular flexibility index (Phi) is 1.83. The smallest absolute Gasteiger partial charge is 0.0322 e. The second kappa shape index (κ2) is 3.42. The van der Waals surface area contributed by atoms with Gasteiger partial charge in [-0.05, 0) is 42.2 Å². The van der Waals surface area contributed by atoms with Crippen molar-refractivity contribution in [2.45, 2.75) is 44.4 Å². The number of hydrogen-bond acceptors (Lipinski definition) is 0. The van der Waals surface area contributed by atoms with Crippen LogP contribution in [0.4, 0.5) is 0 Å². The fraction of sp³-hybridized carbons (Fsp3) is 0.571. The van der Waals surface area contributed by atoms with E-state index in [-0.39, 0.29) is 6.40 Å². The van der Waals surface area contributed by atoms with Crippen molar-refractivity contribution < 1.29 is 1.37 Å². The van der Waals surface area contributed by atoms with Gasteiger partial charge in [0.05, 0.1) is 0 Å². The van der Waals surface area contributed by atoms with Crippen LogP contribution in [0.2, 0.25) is 0 Å². The van der Waals surface area contributed by atoms with Crippen LogP contribution in [0.3, 0.4) is 0 Å². The van der Waals surface area contributed by atoms with E-state index in [0.29, 0.717) is 5.92 Å². The molecule has 14 heavy (non-hydrogen) atoms. The summed E-state index contributed by atoms with van der Waals surface area (Å²) in [5.74, 6) is 1.36. The molecule has 0 nitrogen and oxygen atoms in total.